The summed E-state index contributed by atoms with van der Waals surface area (Å²) in [7, 11) is 1.59. The highest BCUT2D eigenvalue weighted by atomic mass is 32.1. The standard InChI is InChI=1S/C21H21NO4S/c1-25-12-11-22(14-16-7-3-2-4-8-16)20(23)15-26-21(24)19-13-17-9-5-6-10-18(17)27-19/h2-10,13H,11-12,14-15H2,1H3. The Morgan fingerprint density at radius 1 is 1.04 bits per heavy atom. The molecule has 1 amide bonds. The van der Waals surface area contributed by atoms with Crippen molar-refractivity contribution in [3.05, 3.63) is 71.1 Å². The van der Waals surface area contributed by atoms with Gasteiger partial charge in [-0.1, -0.05) is 48.5 Å². The SMILES string of the molecule is COCCN(Cc1ccccc1)C(=O)COC(=O)c1cc2ccccc2s1. The summed E-state index contributed by atoms with van der Waals surface area (Å²) in [5.41, 5.74) is 1.01. The van der Waals surface area contributed by atoms with Crippen molar-refractivity contribution in [1.82, 2.24) is 4.90 Å². The number of hydrogen-bond donors (Lipinski definition) is 0. The van der Waals surface area contributed by atoms with E-state index in [4.69, 9.17) is 9.47 Å². The van der Waals surface area contributed by atoms with Gasteiger partial charge in [-0.25, -0.2) is 4.79 Å². The molecule has 1 aromatic heterocycles. The maximum Gasteiger partial charge on any atom is 0.348 e. The minimum Gasteiger partial charge on any atom is -0.451 e. The lowest BCUT2D eigenvalue weighted by Gasteiger charge is -2.22. The highest BCUT2D eigenvalue weighted by Gasteiger charge is 2.18. The number of nitrogens with zero attached hydrogens (tertiary/aromatic N) is 1. The van der Waals surface area contributed by atoms with E-state index in [0.29, 0.717) is 24.6 Å². The molecule has 0 aliphatic heterocycles. The third-order valence-corrected chi connectivity index (χ3v) is 5.18. The van der Waals surface area contributed by atoms with E-state index in [1.165, 1.54) is 11.3 Å². The van der Waals surface area contributed by atoms with Crippen LogP contribution in [0.15, 0.2) is 60.7 Å². The number of fused-ring (bicyclic) bond motifs is 1. The quantitative estimate of drug-likeness (QED) is 0.556. The van der Waals surface area contributed by atoms with E-state index >= 15 is 0 Å². The van der Waals surface area contributed by atoms with Crippen molar-refractivity contribution < 1.29 is 19.1 Å². The summed E-state index contributed by atoms with van der Waals surface area (Å²) in [6.07, 6.45) is 0. The minimum absolute atomic E-state index is 0.245. The minimum atomic E-state index is -0.476. The molecule has 1 heterocycles. The number of rotatable bonds is 8. The van der Waals surface area contributed by atoms with Crippen LogP contribution in [0.5, 0.6) is 0 Å². The summed E-state index contributed by atoms with van der Waals surface area (Å²) in [5.74, 6) is -0.721. The van der Waals surface area contributed by atoms with Gasteiger partial charge in [-0.05, 0) is 23.1 Å². The van der Waals surface area contributed by atoms with Crippen LogP contribution in [-0.4, -0.2) is 43.6 Å². The highest BCUT2D eigenvalue weighted by Crippen LogP contribution is 2.25. The zero-order valence-corrected chi connectivity index (χ0v) is 15.9. The van der Waals surface area contributed by atoms with Gasteiger partial charge in [-0.15, -0.1) is 11.3 Å². The van der Waals surface area contributed by atoms with Crippen LogP contribution in [0.1, 0.15) is 15.2 Å². The molecule has 0 aliphatic carbocycles. The fourth-order valence-corrected chi connectivity index (χ4v) is 3.63. The zero-order valence-electron chi connectivity index (χ0n) is 15.1. The van der Waals surface area contributed by atoms with Gasteiger partial charge in [0.1, 0.15) is 4.88 Å². The number of hydrogen-bond acceptors (Lipinski definition) is 5. The number of methoxy groups -OCH3 is 1. The first-order valence-electron chi connectivity index (χ1n) is 8.63. The summed E-state index contributed by atoms with van der Waals surface area (Å²) in [4.78, 5) is 27.0. The van der Waals surface area contributed by atoms with Crippen LogP contribution < -0.4 is 0 Å². The number of benzene rings is 2. The van der Waals surface area contributed by atoms with Gasteiger partial charge >= 0.3 is 5.97 Å². The van der Waals surface area contributed by atoms with Crippen LogP contribution in [0, 0.1) is 0 Å². The molecule has 0 unspecified atom stereocenters. The lowest BCUT2D eigenvalue weighted by Crippen LogP contribution is -2.36. The first-order valence-corrected chi connectivity index (χ1v) is 9.45. The van der Waals surface area contributed by atoms with Crippen molar-refractivity contribution in [2.75, 3.05) is 26.9 Å². The Morgan fingerprint density at radius 3 is 2.52 bits per heavy atom. The molecule has 140 valence electrons. The van der Waals surface area contributed by atoms with Gasteiger partial charge in [0.2, 0.25) is 0 Å². The molecule has 0 N–H and O–H groups in total. The number of amides is 1. The number of esters is 1. The number of carbonyl (C=O) groups excluding carboxylic acids is 2. The second-order valence-electron chi connectivity index (χ2n) is 6.02. The van der Waals surface area contributed by atoms with Crippen molar-refractivity contribution in [2.24, 2.45) is 0 Å². The van der Waals surface area contributed by atoms with Crippen LogP contribution in [0.25, 0.3) is 10.1 Å². The fourth-order valence-electron chi connectivity index (χ4n) is 2.67. The molecule has 5 nitrogen and oxygen atoms in total. The summed E-state index contributed by atoms with van der Waals surface area (Å²) in [5, 5.41) is 0.992. The Labute approximate surface area is 162 Å². The maximum atomic E-state index is 12.6. The molecule has 0 atom stereocenters. The van der Waals surface area contributed by atoms with E-state index in [2.05, 4.69) is 0 Å². The van der Waals surface area contributed by atoms with Crippen molar-refractivity contribution in [3.8, 4) is 0 Å². The van der Waals surface area contributed by atoms with E-state index < -0.39 is 5.97 Å². The lowest BCUT2D eigenvalue weighted by atomic mass is 10.2. The van der Waals surface area contributed by atoms with Crippen molar-refractivity contribution in [2.45, 2.75) is 6.54 Å². The summed E-state index contributed by atoms with van der Waals surface area (Å²) < 4.78 is 11.4. The summed E-state index contributed by atoms with van der Waals surface area (Å²) >= 11 is 1.36. The Balaban J connectivity index is 1.61. The average molecular weight is 383 g/mol. The predicted molar refractivity (Wildman–Crippen MR) is 106 cm³/mol. The monoisotopic (exact) mass is 383 g/mol. The highest BCUT2D eigenvalue weighted by molar-refractivity contribution is 7.20. The molecular formula is C21H21NO4S. The van der Waals surface area contributed by atoms with Gasteiger partial charge in [-0.3, -0.25) is 4.79 Å². The second kappa shape index (κ2) is 9.30. The van der Waals surface area contributed by atoms with Crippen molar-refractivity contribution in [1.29, 1.82) is 0 Å². The van der Waals surface area contributed by atoms with Gasteiger partial charge < -0.3 is 14.4 Å². The van der Waals surface area contributed by atoms with Gasteiger partial charge in [-0.2, -0.15) is 0 Å². The lowest BCUT2D eigenvalue weighted by molar-refractivity contribution is -0.135. The van der Waals surface area contributed by atoms with Crippen molar-refractivity contribution >= 4 is 33.3 Å². The Bertz CT molecular complexity index is 874. The average Bonchev–Trinajstić information content (AvgIpc) is 3.14. The smallest absolute Gasteiger partial charge is 0.348 e. The number of carbonyl (C=O) groups is 2. The summed E-state index contributed by atoms with van der Waals surface area (Å²) in [6, 6.07) is 19.2. The molecule has 0 aliphatic rings. The summed E-state index contributed by atoms with van der Waals surface area (Å²) in [6.45, 7) is 1.01. The Kier molecular flexibility index (Phi) is 6.57. The molecule has 27 heavy (non-hydrogen) atoms. The Hall–Kier alpha value is -2.70. The molecule has 3 aromatic rings. The molecule has 0 bridgehead atoms. The first kappa shape index (κ1) is 19.1. The number of thiophene rings is 1. The molecule has 0 spiro atoms. The molecular weight excluding hydrogens is 362 g/mol. The molecule has 3 rings (SSSR count). The van der Waals surface area contributed by atoms with E-state index in [-0.39, 0.29) is 12.5 Å². The third kappa shape index (κ3) is 5.15. The molecule has 0 saturated carbocycles. The van der Waals surface area contributed by atoms with Gasteiger partial charge in [0, 0.05) is 24.9 Å². The van der Waals surface area contributed by atoms with Crippen LogP contribution in [-0.2, 0) is 20.8 Å². The third-order valence-electron chi connectivity index (χ3n) is 4.09. The van der Waals surface area contributed by atoms with Crippen LogP contribution in [0.3, 0.4) is 0 Å². The van der Waals surface area contributed by atoms with Gasteiger partial charge in [0.05, 0.1) is 6.61 Å². The fraction of sp³-hybridized carbons (Fsp3) is 0.238. The van der Waals surface area contributed by atoms with E-state index in [0.717, 1.165) is 15.6 Å². The topological polar surface area (TPSA) is 55.8 Å². The van der Waals surface area contributed by atoms with Gasteiger partial charge in [0.25, 0.3) is 5.91 Å². The van der Waals surface area contributed by atoms with Crippen molar-refractivity contribution in [3.63, 3.8) is 0 Å². The molecule has 0 saturated heterocycles. The second-order valence-corrected chi connectivity index (χ2v) is 7.10. The van der Waals surface area contributed by atoms with E-state index in [1.807, 2.05) is 54.6 Å². The maximum absolute atomic E-state index is 12.6. The molecule has 6 heteroatoms. The van der Waals surface area contributed by atoms with E-state index in [1.54, 1.807) is 18.1 Å². The molecule has 0 radical (unpaired) electrons. The zero-order chi connectivity index (χ0) is 19.1. The van der Waals surface area contributed by atoms with Crippen LogP contribution in [0.4, 0.5) is 0 Å². The number of ether oxygens (including phenoxy) is 2. The first-order chi connectivity index (χ1) is 13.2. The normalized spacial score (nSPS) is 10.7. The van der Waals surface area contributed by atoms with E-state index in [9.17, 15) is 9.59 Å². The van der Waals surface area contributed by atoms with Crippen LogP contribution >= 0.6 is 11.3 Å². The van der Waals surface area contributed by atoms with Gasteiger partial charge in [0.15, 0.2) is 6.61 Å². The molecule has 2 aromatic carbocycles. The predicted octanol–water partition coefficient (Wildman–Crippen LogP) is 3.73. The van der Waals surface area contributed by atoms with Crippen LogP contribution in [0.2, 0.25) is 0 Å². The Morgan fingerprint density at radius 2 is 1.78 bits per heavy atom. The molecule has 0 fully saturated rings. The largest absolute Gasteiger partial charge is 0.451 e.